The number of ether oxygens (including phenoxy) is 1. The van der Waals surface area contributed by atoms with Gasteiger partial charge in [0.15, 0.2) is 0 Å². The van der Waals surface area contributed by atoms with Crippen molar-refractivity contribution in [3.63, 3.8) is 0 Å². The quantitative estimate of drug-likeness (QED) is 0.615. The SMILES string of the molecule is CN[C@@H](C)COC(C)C. The van der Waals surface area contributed by atoms with Gasteiger partial charge in [0.2, 0.25) is 0 Å². The molecule has 0 amide bonds. The van der Waals surface area contributed by atoms with Crippen LogP contribution in [0.25, 0.3) is 0 Å². The van der Waals surface area contributed by atoms with Crippen molar-refractivity contribution < 1.29 is 4.74 Å². The van der Waals surface area contributed by atoms with Crippen LogP contribution in [0.2, 0.25) is 0 Å². The van der Waals surface area contributed by atoms with Crippen LogP contribution in [0.1, 0.15) is 20.8 Å². The van der Waals surface area contributed by atoms with Crippen molar-refractivity contribution >= 4 is 0 Å². The molecule has 0 bridgehead atoms. The van der Waals surface area contributed by atoms with Crippen LogP contribution in [-0.2, 0) is 4.74 Å². The minimum absolute atomic E-state index is 0.348. The molecule has 0 fully saturated rings. The highest BCUT2D eigenvalue weighted by Crippen LogP contribution is 1.89. The summed E-state index contributed by atoms with van der Waals surface area (Å²) in [6, 6.07) is 0.465. The van der Waals surface area contributed by atoms with E-state index in [1.807, 2.05) is 20.9 Å². The molecule has 0 heterocycles. The Morgan fingerprint density at radius 3 is 2.22 bits per heavy atom. The van der Waals surface area contributed by atoms with Crippen LogP contribution in [-0.4, -0.2) is 25.8 Å². The van der Waals surface area contributed by atoms with E-state index in [4.69, 9.17) is 4.74 Å². The molecule has 0 aromatic rings. The maximum atomic E-state index is 5.33. The Hall–Kier alpha value is -0.0800. The van der Waals surface area contributed by atoms with E-state index in [0.29, 0.717) is 12.1 Å². The summed E-state index contributed by atoms with van der Waals surface area (Å²) in [6.07, 6.45) is 0.348. The Balaban J connectivity index is 3.06. The van der Waals surface area contributed by atoms with Crippen LogP contribution in [0.5, 0.6) is 0 Å². The third kappa shape index (κ3) is 5.80. The van der Waals surface area contributed by atoms with Crippen molar-refractivity contribution in [1.82, 2.24) is 5.32 Å². The standard InChI is InChI=1S/C7H17NO/c1-6(2)9-5-7(3)8-4/h6-8H,5H2,1-4H3/t7-/m0/s1. The van der Waals surface area contributed by atoms with Gasteiger partial charge in [-0.05, 0) is 27.8 Å². The van der Waals surface area contributed by atoms with E-state index >= 15 is 0 Å². The van der Waals surface area contributed by atoms with Gasteiger partial charge < -0.3 is 10.1 Å². The van der Waals surface area contributed by atoms with Crippen LogP contribution < -0.4 is 5.32 Å². The molecular formula is C7H17NO. The summed E-state index contributed by atoms with van der Waals surface area (Å²) in [5.74, 6) is 0. The number of likely N-dealkylation sites (N-methyl/N-ethyl adjacent to an activating group) is 1. The van der Waals surface area contributed by atoms with Gasteiger partial charge in [-0.15, -0.1) is 0 Å². The van der Waals surface area contributed by atoms with E-state index in [2.05, 4.69) is 12.2 Å². The zero-order chi connectivity index (χ0) is 7.28. The van der Waals surface area contributed by atoms with Gasteiger partial charge >= 0.3 is 0 Å². The lowest BCUT2D eigenvalue weighted by Gasteiger charge is -2.12. The van der Waals surface area contributed by atoms with Crippen molar-refractivity contribution in [3.8, 4) is 0 Å². The maximum absolute atomic E-state index is 5.33. The van der Waals surface area contributed by atoms with Gasteiger partial charge in [-0.1, -0.05) is 0 Å². The summed E-state index contributed by atoms with van der Waals surface area (Å²) >= 11 is 0. The van der Waals surface area contributed by atoms with Gasteiger partial charge in [-0.3, -0.25) is 0 Å². The second kappa shape index (κ2) is 4.77. The summed E-state index contributed by atoms with van der Waals surface area (Å²) in [7, 11) is 1.94. The molecule has 0 unspecified atom stereocenters. The molecule has 2 heteroatoms. The first-order valence-electron chi connectivity index (χ1n) is 3.45. The number of rotatable bonds is 4. The first-order chi connectivity index (χ1) is 4.16. The molecule has 0 radical (unpaired) electrons. The van der Waals surface area contributed by atoms with Gasteiger partial charge in [0.05, 0.1) is 12.7 Å². The highest BCUT2D eigenvalue weighted by Gasteiger charge is 1.98. The summed E-state index contributed by atoms with van der Waals surface area (Å²) in [6.45, 7) is 6.99. The van der Waals surface area contributed by atoms with E-state index < -0.39 is 0 Å². The van der Waals surface area contributed by atoms with Crippen molar-refractivity contribution in [2.45, 2.75) is 32.9 Å². The lowest BCUT2D eigenvalue weighted by atomic mass is 10.4. The monoisotopic (exact) mass is 131 g/mol. The van der Waals surface area contributed by atoms with Crippen molar-refractivity contribution in [2.75, 3.05) is 13.7 Å². The molecule has 9 heavy (non-hydrogen) atoms. The van der Waals surface area contributed by atoms with E-state index in [9.17, 15) is 0 Å². The van der Waals surface area contributed by atoms with Crippen molar-refractivity contribution in [2.24, 2.45) is 0 Å². The normalized spacial score (nSPS) is 14.3. The Labute approximate surface area is 57.6 Å². The summed E-state index contributed by atoms with van der Waals surface area (Å²) in [5.41, 5.74) is 0. The van der Waals surface area contributed by atoms with Crippen molar-refractivity contribution in [3.05, 3.63) is 0 Å². The summed E-state index contributed by atoms with van der Waals surface area (Å²) in [5, 5.41) is 3.10. The molecule has 0 rings (SSSR count). The molecule has 0 aliphatic carbocycles. The molecule has 56 valence electrons. The molecule has 2 nitrogen and oxygen atoms in total. The Bertz CT molecular complexity index is 63.9. The molecule has 0 saturated carbocycles. The number of nitrogens with one attached hydrogen (secondary N) is 1. The first kappa shape index (κ1) is 8.92. The fourth-order valence-corrected chi connectivity index (χ4v) is 0.420. The van der Waals surface area contributed by atoms with Crippen LogP contribution in [0.3, 0.4) is 0 Å². The first-order valence-corrected chi connectivity index (χ1v) is 3.45. The Morgan fingerprint density at radius 2 is 1.89 bits per heavy atom. The minimum Gasteiger partial charge on any atom is -0.377 e. The average Bonchev–Trinajstić information content (AvgIpc) is 1.83. The second-order valence-corrected chi connectivity index (χ2v) is 2.57. The van der Waals surface area contributed by atoms with Gasteiger partial charge in [0.1, 0.15) is 0 Å². The second-order valence-electron chi connectivity index (χ2n) is 2.57. The molecule has 0 aromatic heterocycles. The molecule has 1 atom stereocenters. The molecule has 0 aromatic carbocycles. The molecule has 1 N–H and O–H groups in total. The van der Waals surface area contributed by atoms with E-state index in [1.54, 1.807) is 0 Å². The Kier molecular flexibility index (Phi) is 4.72. The predicted molar refractivity (Wildman–Crippen MR) is 39.6 cm³/mol. The van der Waals surface area contributed by atoms with Crippen LogP contribution in [0, 0.1) is 0 Å². The molecular weight excluding hydrogens is 114 g/mol. The topological polar surface area (TPSA) is 21.3 Å². The summed E-state index contributed by atoms with van der Waals surface area (Å²) in [4.78, 5) is 0. The molecule has 0 spiro atoms. The summed E-state index contributed by atoms with van der Waals surface area (Å²) < 4.78 is 5.33. The smallest absolute Gasteiger partial charge is 0.0620 e. The van der Waals surface area contributed by atoms with Gasteiger partial charge in [0.25, 0.3) is 0 Å². The van der Waals surface area contributed by atoms with Crippen LogP contribution >= 0.6 is 0 Å². The van der Waals surface area contributed by atoms with Gasteiger partial charge in [0, 0.05) is 6.04 Å². The third-order valence-corrected chi connectivity index (χ3v) is 1.17. The molecule has 0 aliphatic rings. The maximum Gasteiger partial charge on any atom is 0.0620 e. The average molecular weight is 131 g/mol. The highest BCUT2D eigenvalue weighted by atomic mass is 16.5. The van der Waals surface area contributed by atoms with Gasteiger partial charge in [-0.2, -0.15) is 0 Å². The van der Waals surface area contributed by atoms with E-state index in [0.717, 1.165) is 6.61 Å². The van der Waals surface area contributed by atoms with E-state index in [1.165, 1.54) is 0 Å². The van der Waals surface area contributed by atoms with Crippen LogP contribution in [0.15, 0.2) is 0 Å². The predicted octanol–water partition coefficient (Wildman–Crippen LogP) is 1.02. The van der Waals surface area contributed by atoms with Crippen LogP contribution in [0.4, 0.5) is 0 Å². The lowest BCUT2D eigenvalue weighted by Crippen LogP contribution is -2.28. The molecule has 0 aliphatic heterocycles. The van der Waals surface area contributed by atoms with Crippen molar-refractivity contribution in [1.29, 1.82) is 0 Å². The fraction of sp³-hybridized carbons (Fsp3) is 1.00. The zero-order valence-corrected chi connectivity index (χ0v) is 6.77. The third-order valence-electron chi connectivity index (χ3n) is 1.17. The minimum atomic E-state index is 0.348. The number of hydrogen-bond acceptors (Lipinski definition) is 2. The van der Waals surface area contributed by atoms with Gasteiger partial charge in [-0.25, -0.2) is 0 Å². The van der Waals surface area contributed by atoms with E-state index in [-0.39, 0.29) is 0 Å². The highest BCUT2D eigenvalue weighted by molar-refractivity contribution is 4.54. The fourth-order valence-electron chi connectivity index (χ4n) is 0.420. The largest absolute Gasteiger partial charge is 0.377 e. The zero-order valence-electron chi connectivity index (χ0n) is 6.77. The Morgan fingerprint density at radius 1 is 1.33 bits per heavy atom. The molecule has 0 saturated heterocycles. The lowest BCUT2D eigenvalue weighted by molar-refractivity contribution is 0.0660. The number of hydrogen-bond donors (Lipinski definition) is 1.